The monoisotopic (exact) mass is 272 g/mol. The Balaban J connectivity index is 2.02. The van der Waals surface area contributed by atoms with Crippen molar-refractivity contribution in [2.75, 3.05) is 18.6 Å². The van der Waals surface area contributed by atoms with Crippen molar-refractivity contribution in [2.45, 2.75) is 12.6 Å². The van der Waals surface area contributed by atoms with Crippen LogP contribution in [0.5, 0.6) is 5.75 Å². The molecule has 104 valence electrons. The highest BCUT2D eigenvalue weighted by molar-refractivity contribution is 5.57. The first kappa shape index (κ1) is 12.9. The van der Waals surface area contributed by atoms with Gasteiger partial charge in [-0.25, -0.2) is 4.39 Å². The van der Waals surface area contributed by atoms with Gasteiger partial charge >= 0.3 is 0 Å². The maximum absolute atomic E-state index is 13.9. The molecule has 20 heavy (non-hydrogen) atoms. The molecule has 1 heterocycles. The van der Waals surface area contributed by atoms with Crippen LogP contribution in [0.4, 0.5) is 10.1 Å². The Morgan fingerprint density at radius 2 is 2.10 bits per heavy atom. The number of methoxy groups -OCH3 is 1. The standard InChI is InChI=1S/C16H17FN2O/c1-20-12-5-2-4-11(8-12)19-10-14-13(16(19)9-18)6-3-7-15(14)17/h2-8,16H,9-10,18H2,1H3. The van der Waals surface area contributed by atoms with Crippen molar-refractivity contribution in [1.82, 2.24) is 0 Å². The molecule has 3 rings (SSSR count). The molecule has 2 aromatic carbocycles. The first-order valence-electron chi connectivity index (χ1n) is 6.62. The lowest BCUT2D eigenvalue weighted by atomic mass is 10.0. The van der Waals surface area contributed by atoms with Gasteiger partial charge in [0.05, 0.1) is 13.2 Å². The Bertz CT molecular complexity index is 630. The van der Waals surface area contributed by atoms with Gasteiger partial charge in [0.25, 0.3) is 0 Å². The number of halogens is 1. The Labute approximate surface area is 117 Å². The van der Waals surface area contributed by atoms with Crippen LogP contribution in [0.25, 0.3) is 0 Å². The van der Waals surface area contributed by atoms with E-state index < -0.39 is 0 Å². The summed E-state index contributed by atoms with van der Waals surface area (Å²) in [5.41, 5.74) is 8.62. The molecule has 2 N–H and O–H groups in total. The average molecular weight is 272 g/mol. The van der Waals surface area contributed by atoms with Crippen molar-refractivity contribution in [3.05, 3.63) is 59.4 Å². The van der Waals surface area contributed by atoms with Crippen LogP contribution in [0.15, 0.2) is 42.5 Å². The fourth-order valence-corrected chi connectivity index (χ4v) is 2.82. The van der Waals surface area contributed by atoms with E-state index in [4.69, 9.17) is 10.5 Å². The molecule has 0 aliphatic carbocycles. The molecular formula is C16H17FN2O. The molecule has 1 aliphatic heterocycles. The lowest BCUT2D eigenvalue weighted by molar-refractivity contribution is 0.414. The van der Waals surface area contributed by atoms with Crippen LogP contribution < -0.4 is 15.4 Å². The first-order valence-corrected chi connectivity index (χ1v) is 6.62. The minimum absolute atomic E-state index is 0.00723. The van der Waals surface area contributed by atoms with Crippen molar-refractivity contribution >= 4 is 5.69 Å². The second-order valence-corrected chi connectivity index (χ2v) is 4.89. The van der Waals surface area contributed by atoms with Crippen molar-refractivity contribution < 1.29 is 9.13 Å². The topological polar surface area (TPSA) is 38.5 Å². The fraction of sp³-hybridized carbons (Fsp3) is 0.250. The summed E-state index contributed by atoms with van der Waals surface area (Å²) in [6.07, 6.45) is 0. The Kier molecular flexibility index (Phi) is 3.32. The lowest BCUT2D eigenvalue weighted by Crippen LogP contribution is -2.27. The maximum Gasteiger partial charge on any atom is 0.128 e. The van der Waals surface area contributed by atoms with E-state index in [0.29, 0.717) is 13.1 Å². The number of ether oxygens (including phenoxy) is 1. The Hall–Kier alpha value is -2.07. The molecule has 0 amide bonds. The van der Waals surface area contributed by atoms with Crippen LogP contribution in [0.1, 0.15) is 17.2 Å². The zero-order chi connectivity index (χ0) is 14.1. The number of nitrogens with zero attached hydrogens (tertiary/aromatic N) is 1. The molecule has 0 bridgehead atoms. The summed E-state index contributed by atoms with van der Waals surface area (Å²) in [6, 6.07) is 13.0. The van der Waals surface area contributed by atoms with Crippen LogP contribution in [-0.4, -0.2) is 13.7 Å². The second kappa shape index (κ2) is 5.13. The van der Waals surface area contributed by atoms with E-state index in [2.05, 4.69) is 4.90 Å². The summed E-state index contributed by atoms with van der Waals surface area (Å²) < 4.78 is 19.2. The quantitative estimate of drug-likeness (QED) is 0.933. The second-order valence-electron chi connectivity index (χ2n) is 4.89. The maximum atomic E-state index is 13.9. The van der Waals surface area contributed by atoms with E-state index >= 15 is 0 Å². The largest absolute Gasteiger partial charge is 0.497 e. The molecule has 0 radical (unpaired) electrons. The molecule has 0 aromatic heterocycles. The number of hydrogen-bond acceptors (Lipinski definition) is 3. The van der Waals surface area contributed by atoms with Crippen LogP contribution in [0, 0.1) is 5.82 Å². The lowest BCUT2D eigenvalue weighted by Gasteiger charge is -2.26. The molecule has 0 saturated heterocycles. The highest BCUT2D eigenvalue weighted by atomic mass is 19.1. The van der Waals surface area contributed by atoms with E-state index in [1.165, 1.54) is 6.07 Å². The van der Waals surface area contributed by atoms with E-state index in [1.54, 1.807) is 13.2 Å². The summed E-state index contributed by atoms with van der Waals surface area (Å²) in [5.74, 6) is 0.626. The number of fused-ring (bicyclic) bond motifs is 1. The third-order valence-electron chi connectivity index (χ3n) is 3.83. The van der Waals surface area contributed by atoms with E-state index in [-0.39, 0.29) is 11.9 Å². The smallest absolute Gasteiger partial charge is 0.128 e. The normalized spacial score (nSPS) is 17.1. The Morgan fingerprint density at radius 3 is 2.85 bits per heavy atom. The fourth-order valence-electron chi connectivity index (χ4n) is 2.82. The minimum atomic E-state index is -0.161. The predicted molar refractivity (Wildman–Crippen MR) is 77.4 cm³/mol. The summed E-state index contributed by atoms with van der Waals surface area (Å²) in [7, 11) is 1.64. The van der Waals surface area contributed by atoms with Gasteiger partial charge in [0.1, 0.15) is 11.6 Å². The van der Waals surface area contributed by atoms with Gasteiger partial charge in [-0.2, -0.15) is 0 Å². The van der Waals surface area contributed by atoms with E-state index in [1.807, 2.05) is 30.3 Å². The van der Waals surface area contributed by atoms with Crippen molar-refractivity contribution in [1.29, 1.82) is 0 Å². The molecule has 1 unspecified atom stereocenters. The minimum Gasteiger partial charge on any atom is -0.497 e. The summed E-state index contributed by atoms with van der Waals surface area (Å²) in [6.45, 7) is 0.991. The Morgan fingerprint density at radius 1 is 1.30 bits per heavy atom. The molecular weight excluding hydrogens is 255 g/mol. The highest BCUT2D eigenvalue weighted by Crippen LogP contribution is 2.38. The van der Waals surface area contributed by atoms with Crippen LogP contribution in [0.3, 0.4) is 0 Å². The van der Waals surface area contributed by atoms with Crippen molar-refractivity contribution in [3.8, 4) is 5.75 Å². The van der Waals surface area contributed by atoms with Crippen LogP contribution in [-0.2, 0) is 6.54 Å². The molecule has 1 atom stereocenters. The highest BCUT2D eigenvalue weighted by Gasteiger charge is 2.31. The van der Waals surface area contributed by atoms with Gasteiger partial charge in [-0.05, 0) is 23.8 Å². The molecule has 0 saturated carbocycles. The summed E-state index contributed by atoms with van der Waals surface area (Å²) >= 11 is 0. The van der Waals surface area contributed by atoms with Gasteiger partial charge in [-0.15, -0.1) is 0 Å². The zero-order valence-electron chi connectivity index (χ0n) is 11.3. The van der Waals surface area contributed by atoms with Gasteiger partial charge < -0.3 is 15.4 Å². The number of hydrogen-bond donors (Lipinski definition) is 1. The van der Waals surface area contributed by atoms with Gasteiger partial charge in [-0.3, -0.25) is 0 Å². The van der Waals surface area contributed by atoms with Gasteiger partial charge in [0, 0.05) is 30.4 Å². The third-order valence-corrected chi connectivity index (χ3v) is 3.83. The number of anilines is 1. The van der Waals surface area contributed by atoms with Gasteiger partial charge in [0.2, 0.25) is 0 Å². The van der Waals surface area contributed by atoms with Gasteiger partial charge in [-0.1, -0.05) is 18.2 Å². The predicted octanol–water partition coefficient (Wildman–Crippen LogP) is 2.85. The van der Waals surface area contributed by atoms with Crippen molar-refractivity contribution in [2.24, 2.45) is 5.73 Å². The van der Waals surface area contributed by atoms with Crippen LogP contribution in [0.2, 0.25) is 0 Å². The zero-order valence-corrected chi connectivity index (χ0v) is 11.3. The van der Waals surface area contributed by atoms with Crippen molar-refractivity contribution in [3.63, 3.8) is 0 Å². The SMILES string of the molecule is COc1cccc(N2Cc3c(F)cccc3C2CN)c1. The van der Waals surface area contributed by atoms with E-state index in [9.17, 15) is 4.39 Å². The molecule has 4 heteroatoms. The number of rotatable bonds is 3. The van der Waals surface area contributed by atoms with E-state index in [0.717, 1.165) is 22.6 Å². The summed E-state index contributed by atoms with van der Waals surface area (Å²) in [5, 5.41) is 0. The molecule has 1 aliphatic rings. The third kappa shape index (κ3) is 2.02. The first-order chi connectivity index (χ1) is 9.74. The molecule has 0 spiro atoms. The van der Waals surface area contributed by atoms with Crippen LogP contribution >= 0.6 is 0 Å². The van der Waals surface area contributed by atoms with Gasteiger partial charge in [0.15, 0.2) is 0 Å². The number of benzene rings is 2. The number of nitrogens with two attached hydrogens (primary N) is 1. The molecule has 0 fully saturated rings. The molecule has 2 aromatic rings. The average Bonchev–Trinajstić information content (AvgIpc) is 2.87. The summed E-state index contributed by atoms with van der Waals surface area (Å²) in [4.78, 5) is 2.12. The molecule has 3 nitrogen and oxygen atoms in total.